The molecule has 18 heavy (non-hydrogen) atoms. The van der Waals surface area contributed by atoms with Gasteiger partial charge in [-0.1, -0.05) is 46.6 Å². The number of rotatable bonds is 4. The second-order valence-corrected chi connectivity index (χ2v) is 6.40. The Morgan fingerprint density at radius 2 is 2.22 bits per heavy atom. The van der Waals surface area contributed by atoms with E-state index >= 15 is 0 Å². The van der Waals surface area contributed by atoms with Crippen molar-refractivity contribution in [1.29, 1.82) is 0 Å². The summed E-state index contributed by atoms with van der Waals surface area (Å²) in [5.74, 6) is 1.32. The maximum Gasteiger partial charge on any atom is 0.233 e. The number of benzene rings is 1. The lowest BCUT2D eigenvalue weighted by Crippen LogP contribution is -2.33. The molecule has 1 fully saturated rings. The third-order valence-electron chi connectivity index (χ3n) is 3.08. The highest BCUT2D eigenvalue weighted by Gasteiger charge is 2.21. The molecule has 1 heterocycles. The zero-order chi connectivity index (χ0) is 12.8. The van der Waals surface area contributed by atoms with Crippen LogP contribution in [0.2, 0.25) is 0 Å². The molecule has 0 radical (unpaired) electrons. The number of nitrogens with one attached hydrogen (secondary N) is 1. The van der Waals surface area contributed by atoms with Crippen LogP contribution in [0.1, 0.15) is 30.4 Å². The number of carbonyl (C=O) groups is 1. The summed E-state index contributed by atoms with van der Waals surface area (Å²) in [5, 5.41) is 4.06. The molecule has 1 aliphatic heterocycles. The average Bonchev–Trinajstić information content (AvgIpc) is 2.46. The normalized spacial score (nSPS) is 19.5. The number of alkyl halides is 1. The Kier molecular flexibility index (Phi) is 5.57. The Bertz CT molecular complexity index is 405. The van der Waals surface area contributed by atoms with Gasteiger partial charge in [0.15, 0.2) is 0 Å². The molecule has 0 spiro atoms. The molecule has 1 aromatic carbocycles. The molecular formula is C14H18BrNOS. The van der Waals surface area contributed by atoms with Gasteiger partial charge in [-0.25, -0.2) is 0 Å². The first-order valence-corrected chi connectivity index (χ1v) is 8.49. The van der Waals surface area contributed by atoms with Gasteiger partial charge >= 0.3 is 0 Å². The van der Waals surface area contributed by atoms with Gasteiger partial charge in [-0.2, -0.15) is 0 Å². The third-order valence-corrected chi connectivity index (χ3v) is 5.11. The topological polar surface area (TPSA) is 29.1 Å². The van der Waals surface area contributed by atoms with E-state index in [4.69, 9.17) is 0 Å². The predicted molar refractivity (Wildman–Crippen MR) is 81.0 cm³/mol. The summed E-state index contributed by atoms with van der Waals surface area (Å²) >= 11 is 5.24. The lowest BCUT2D eigenvalue weighted by molar-refractivity contribution is -0.120. The van der Waals surface area contributed by atoms with Crippen LogP contribution >= 0.6 is 27.7 Å². The van der Waals surface area contributed by atoms with E-state index in [9.17, 15) is 4.79 Å². The predicted octanol–water partition coefficient (Wildman–Crippen LogP) is 3.48. The Balaban J connectivity index is 1.84. The van der Waals surface area contributed by atoms with Gasteiger partial charge in [0.25, 0.3) is 0 Å². The van der Waals surface area contributed by atoms with Gasteiger partial charge in [-0.15, -0.1) is 11.8 Å². The number of halogens is 1. The third kappa shape index (κ3) is 4.02. The van der Waals surface area contributed by atoms with E-state index in [1.165, 1.54) is 24.0 Å². The fraction of sp³-hybridized carbons (Fsp3) is 0.500. The SMILES string of the molecule is O=C(NCc1cccc(CBr)c1)C1CCCCS1. The fourth-order valence-corrected chi connectivity index (χ4v) is 3.65. The number of amides is 1. The first kappa shape index (κ1) is 13.9. The zero-order valence-electron chi connectivity index (χ0n) is 10.3. The van der Waals surface area contributed by atoms with Crippen LogP contribution in [-0.4, -0.2) is 16.9 Å². The van der Waals surface area contributed by atoms with Crippen molar-refractivity contribution in [1.82, 2.24) is 5.32 Å². The van der Waals surface area contributed by atoms with Gasteiger partial charge in [-0.05, 0) is 29.7 Å². The largest absolute Gasteiger partial charge is 0.351 e. The maximum absolute atomic E-state index is 12.0. The van der Waals surface area contributed by atoms with Crippen LogP contribution in [0.25, 0.3) is 0 Å². The van der Waals surface area contributed by atoms with Crippen LogP contribution in [0.4, 0.5) is 0 Å². The summed E-state index contributed by atoms with van der Waals surface area (Å²) in [4.78, 5) is 12.0. The van der Waals surface area contributed by atoms with Gasteiger partial charge in [-0.3, -0.25) is 4.79 Å². The number of hydrogen-bond acceptors (Lipinski definition) is 2. The smallest absolute Gasteiger partial charge is 0.233 e. The van der Waals surface area contributed by atoms with Crippen molar-refractivity contribution in [2.75, 3.05) is 5.75 Å². The molecule has 2 rings (SSSR count). The van der Waals surface area contributed by atoms with Crippen molar-refractivity contribution in [3.8, 4) is 0 Å². The highest BCUT2D eigenvalue weighted by atomic mass is 79.9. The van der Waals surface area contributed by atoms with Crippen LogP contribution in [0, 0.1) is 0 Å². The van der Waals surface area contributed by atoms with Crippen molar-refractivity contribution >= 4 is 33.6 Å². The Morgan fingerprint density at radius 3 is 2.94 bits per heavy atom. The summed E-state index contributed by atoms with van der Waals surface area (Å²) in [6, 6.07) is 8.30. The molecule has 1 atom stereocenters. The highest BCUT2D eigenvalue weighted by molar-refractivity contribution is 9.08. The summed E-state index contributed by atoms with van der Waals surface area (Å²) in [7, 11) is 0. The summed E-state index contributed by atoms with van der Waals surface area (Å²) < 4.78 is 0. The Hall–Kier alpha value is -0.480. The first-order chi connectivity index (χ1) is 8.79. The van der Waals surface area contributed by atoms with Crippen molar-refractivity contribution in [3.05, 3.63) is 35.4 Å². The second kappa shape index (κ2) is 7.19. The lowest BCUT2D eigenvalue weighted by Gasteiger charge is -2.20. The summed E-state index contributed by atoms with van der Waals surface area (Å²) in [6.45, 7) is 0.636. The minimum atomic E-state index is 0.165. The van der Waals surface area contributed by atoms with Crippen LogP contribution in [0.5, 0.6) is 0 Å². The van der Waals surface area contributed by atoms with Crippen molar-refractivity contribution in [2.45, 2.75) is 36.4 Å². The highest BCUT2D eigenvalue weighted by Crippen LogP contribution is 2.25. The Labute approximate surface area is 121 Å². The molecule has 4 heteroatoms. The standard InChI is InChI=1S/C14H18BrNOS/c15-9-11-4-3-5-12(8-11)10-16-14(17)13-6-1-2-7-18-13/h3-5,8,13H,1-2,6-7,9-10H2,(H,16,17). The summed E-state index contributed by atoms with van der Waals surface area (Å²) in [5.41, 5.74) is 2.41. The molecule has 1 aromatic rings. The minimum Gasteiger partial charge on any atom is -0.351 e. The van der Waals surface area contributed by atoms with Gasteiger partial charge < -0.3 is 5.32 Å². The van der Waals surface area contributed by atoms with E-state index in [2.05, 4.69) is 39.4 Å². The molecule has 0 saturated carbocycles. The van der Waals surface area contributed by atoms with Crippen molar-refractivity contribution in [3.63, 3.8) is 0 Å². The molecule has 1 amide bonds. The van der Waals surface area contributed by atoms with Gasteiger partial charge in [0.2, 0.25) is 5.91 Å². The molecule has 0 aliphatic carbocycles. The zero-order valence-corrected chi connectivity index (χ0v) is 12.7. The number of carbonyl (C=O) groups excluding carboxylic acids is 1. The number of thioether (sulfide) groups is 1. The molecule has 0 aromatic heterocycles. The summed E-state index contributed by atoms with van der Waals surface area (Å²) in [6.07, 6.45) is 3.46. The molecule has 1 saturated heterocycles. The Morgan fingerprint density at radius 1 is 1.39 bits per heavy atom. The van der Waals surface area contributed by atoms with Crippen molar-refractivity contribution in [2.24, 2.45) is 0 Å². The molecular weight excluding hydrogens is 310 g/mol. The number of hydrogen-bond donors (Lipinski definition) is 1. The average molecular weight is 328 g/mol. The van der Waals surface area contributed by atoms with E-state index in [-0.39, 0.29) is 11.2 Å². The molecule has 0 bridgehead atoms. The first-order valence-electron chi connectivity index (χ1n) is 6.32. The quantitative estimate of drug-likeness (QED) is 0.858. The fourth-order valence-electron chi connectivity index (χ4n) is 2.07. The van der Waals surface area contributed by atoms with E-state index < -0.39 is 0 Å². The monoisotopic (exact) mass is 327 g/mol. The van der Waals surface area contributed by atoms with E-state index in [0.29, 0.717) is 6.54 Å². The molecule has 1 N–H and O–H groups in total. The maximum atomic E-state index is 12.0. The molecule has 2 nitrogen and oxygen atoms in total. The van der Waals surface area contributed by atoms with Crippen molar-refractivity contribution < 1.29 is 4.79 Å². The van der Waals surface area contributed by atoms with E-state index in [1.54, 1.807) is 11.8 Å². The lowest BCUT2D eigenvalue weighted by atomic mass is 10.1. The van der Waals surface area contributed by atoms with E-state index in [0.717, 1.165) is 17.5 Å². The minimum absolute atomic E-state index is 0.165. The molecule has 1 unspecified atom stereocenters. The molecule has 98 valence electrons. The van der Waals surface area contributed by atoms with E-state index in [1.807, 2.05) is 6.07 Å². The van der Waals surface area contributed by atoms with Crippen LogP contribution < -0.4 is 5.32 Å². The van der Waals surface area contributed by atoms with Gasteiger partial charge in [0.05, 0.1) is 5.25 Å². The van der Waals surface area contributed by atoms with Crippen LogP contribution in [0.15, 0.2) is 24.3 Å². The van der Waals surface area contributed by atoms with Gasteiger partial charge in [0, 0.05) is 11.9 Å². The van der Waals surface area contributed by atoms with Gasteiger partial charge in [0.1, 0.15) is 0 Å². The molecule has 1 aliphatic rings. The second-order valence-electron chi connectivity index (χ2n) is 4.53. The van der Waals surface area contributed by atoms with Crippen LogP contribution in [-0.2, 0) is 16.7 Å². The van der Waals surface area contributed by atoms with Crippen LogP contribution in [0.3, 0.4) is 0 Å².